The SMILES string of the molecule is CCOc1n[nH]c(NC(=O)c2ccnc(C)c2)n1. The van der Waals surface area contributed by atoms with Crippen LogP contribution >= 0.6 is 0 Å². The lowest BCUT2D eigenvalue weighted by molar-refractivity contribution is 0.102. The zero-order valence-corrected chi connectivity index (χ0v) is 10.1. The first kappa shape index (κ1) is 12.0. The Hall–Kier alpha value is -2.44. The largest absolute Gasteiger partial charge is 0.463 e. The Balaban J connectivity index is 2.06. The summed E-state index contributed by atoms with van der Waals surface area (Å²) in [5.74, 6) is -0.0300. The summed E-state index contributed by atoms with van der Waals surface area (Å²) >= 11 is 0. The van der Waals surface area contributed by atoms with Crippen LogP contribution in [0.1, 0.15) is 23.0 Å². The Bertz CT molecular complexity index is 552. The minimum absolute atomic E-state index is 0.207. The van der Waals surface area contributed by atoms with Gasteiger partial charge in [0.2, 0.25) is 5.95 Å². The van der Waals surface area contributed by atoms with E-state index in [1.807, 2.05) is 13.8 Å². The number of rotatable bonds is 4. The first-order chi connectivity index (χ1) is 8.69. The zero-order chi connectivity index (χ0) is 13.0. The number of pyridine rings is 1. The Labute approximate surface area is 104 Å². The predicted molar refractivity (Wildman–Crippen MR) is 64.5 cm³/mol. The molecule has 18 heavy (non-hydrogen) atoms. The van der Waals surface area contributed by atoms with Crippen LogP contribution in [-0.2, 0) is 0 Å². The summed E-state index contributed by atoms with van der Waals surface area (Å²) < 4.78 is 5.08. The van der Waals surface area contributed by atoms with Crippen LogP contribution in [0.5, 0.6) is 6.01 Å². The number of amides is 1. The van der Waals surface area contributed by atoms with E-state index in [1.54, 1.807) is 18.3 Å². The molecule has 7 heteroatoms. The van der Waals surface area contributed by atoms with Crippen molar-refractivity contribution in [2.24, 2.45) is 0 Å². The van der Waals surface area contributed by atoms with E-state index < -0.39 is 0 Å². The maximum absolute atomic E-state index is 11.9. The number of nitrogens with zero attached hydrogens (tertiary/aromatic N) is 3. The van der Waals surface area contributed by atoms with E-state index in [1.165, 1.54) is 0 Å². The molecular weight excluding hydrogens is 234 g/mol. The van der Waals surface area contributed by atoms with Crippen molar-refractivity contribution in [3.8, 4) is 6.01 Å². The summed E-state index contributed by atoms with van der Waals surface area (Å²) in [5, 5.41) is 8.95. The number of aryl methyl sites for hydroxylation is 1. The van der Waals surface area contributed by atoms with Crippen LogP contribution < -0.4 is 10.1 Å². The Kier molecular flexibility index (Phi) is 3.52. The molecule has 7 nitrogen and oxygen atoms in total. The van der Waals surface area contributed by atoms with Crippen LogP contribution in [0.4, 0.5) is 5.95 Å². The number of aromatic amines is 1. The number of anilines is 1. The minimum atomic E-state index is -0.278. The number of aromatic nitrogens is 4. The molecule has 0 atom stereocenters. The fraction of sp³-hybridized carbons (Fsp3) is 0.273. The maximum Gasteiger partial charge on any atom is 0.337 e. The average molecular weight is 247 g/mol. The van der Waals surface area contributed by atoms with Gasteiger partial charge in [0.05, 0.1) is 6.61 Å². The second kappa shape index (κ2) is 5.26. The third-order valence-corrected chi connectivity index (χ3v) is 2.13. The zero-order valence-electron chi connectivity index (χ0n) is 10.1. The van der Waals surface area contributed by atoms with Crippen LogP contribution in [0.15, 0.2) is 18.3 Å². The van der Waals surface area contributed by atoms with Crippen molar-refractivity contribution >= 4 is 11.9 Å². The first-order valence-electron chi connectivity index (χ1n) is 5.48. The lowest BCUT2D eigenvalue weighted by Crippen LogP contribution is -2.13. The van der Waals surface area contributed by atoms with Crippen molar-refractivity contribution in [3.05, 3.63) is 29.6 Å². The summed E-state index contributed by atoms with van der Waals surface area (Å²) in [6, 6.07) is 3.52. The van der Waals surface area contributed by atoms with E-state index in [-0.39, 0.29) is 17.9 Å². The van der Waals surface area contributed by atoms with Crippen molar-refractivity contribution in [2.45, 2.75) is 13.8 Å². The van der Waals surface area contributed by atoms with Gasteiger partial charge in [-0.05, 0) is 26.0 Å². The molecule has 0 unspecified atom stereocenters. The molecule has 0 aliphatic heterocycles. The lowest BCUT2D eigenvalue weighted by atomic mass is 10.2. The van der Waals surface area contributed by atoms with Crippen LogP contribution in [0.25, 0.3) is 0 Å². The van der Waals surface area contributed by atoms with Crippen LogP contribution in [-0.4, -0.2) is 32.7 Å². The number of hydrogen-bond donors (Lipinski definition) is 2. The summed E-state index contributed by atoms with van der Waals surface area (Å²) in [5.41, 5.74) is 1.28. The highest BCUT2D eigenvalue weighted by Gasteiger charge is 2.10. The maximum atomic E-state index is 11.9. The molecule has 2 N–H and O–H groups in total. The van der Waals surface area contributed by atoms with E-state index in [0.29, 0.717) is 12.2 Å². The van der Waals surface area contributed by atoms with Crippen LogP contribution in [0.3, 0.4) is 0 Å². The summed E-state index contributed by atoms with van der Waals surface area (Å²) in [7, 11) is 0. The number of carbonyl (C=O) groups is 1. The second-order valence-corrected chi connectivity index (χ2v) is 3.54. The van der Waals surface area contributed by atoms with Crippen molar-refractivity contribution in [1.29, 1.82) is 0 Å². The molecule has 1 amide bonds. The van der Waals surface area contributed by atoms with Gasteiger partial charge in [-0.2, -0.15) is 4.98 Å². The van der Waals surface area contributed by atoms with Gasteiger partial charge in [-0.1, -0.05) is 0 Å². The van der Waals surface area contributed by atoms with Gasteiger partial charge in [-0.3, -0.25) is 15.1 Å². The summed E-state index contributed by atoms with van der Waals surface area (Å²) in [6.45, 7) is 4.11. The molecule has 0 aliphatic carbocycles. The molecular formula is C11H13N5O2. The molecule has 2 rings (SSSR count). The molecule has 0 aromatic carbocycles. The average Bonchev–Trinajstić information content (AvgIpc) is 2.77. The molecule has 0 saturated carbocycles. The molecule has 2 aromatic rings. The quantitative estimate of drug-likeness (QED) is 0.845. The van der Waals surface area contributed by atoms with Gasteiger partial charge in [0.15, 0.2) is 0 Å². The molecule has 94 valence electrons. The van der Waals surface area contributed by atoms with E-state index in [9.17, 15) is 4.79 Å². The van der Waals surface area contributed by atoms with Gasteiger partial charge in [0.25, 0.3) is 5.91 Å². The first-order valence-corrected chi connectivity index (χ1v) is 5.48. The third-order valence-electron chi connectivity index (χ3n) is 2.13. The molecule has 0 fully saturated rings. The smallest absolute Gasteiger partial charge is 0.337 e. The molecule has 0 aliphatic rings. The van der Waals surface area contributed by atoms with Gasteiger partial charge < -0.3 is 4.74 Å². The highest BCUT2D eigenvalue weighted by atomic mass is 16.5. The monoisotopic (exact) mass is 247 g/mol. The summed E-state index contributed by atoms with van der Waals surface area (Å²) in [4.78, 5) is 19.8. The number of carbonyl (C=O) groups excluding carboxylic acids is 1. The highest BCUT2D eigenvalue weighted by molar-refractivity contribution is 6.03. The lowest BCUT2D eigenvalue weighted by Gasteiger charge is -2.01. The molecule has 2 heterocycles. The molecule has 0 spiro atoms. The normalized spacial score (nSPS) is 10.1. The van der Waals surface area contributed by atoms with Crippen molar-refractivity contribution in [1.82, 2.24) is 20.2 Å². The van der Waals surface area contributed by atoms with E-state index in [4.69, 9.17) is 4.74 Å². The molecule has 0 saturated heterocycles. The van der Waals surface area contributed by atoms with Gasteiger partial charge in [-0.25, -0.2) is 5.10 Å². The number of ether oxygens (including phenoxy) is 1. The van der Waals surface area contributed by atoms with E-state index in [0.717, 1.165) is 5.69 Å². The van der Waals surface area contributed by atoms with Crippen molar-refractivity contribution in [2.75, 3.05) is 11.9 Å². The van der Waals surface area contributed by atoms with Crippen LogP contribution in [0, 0.1) is 6.92 Å². The Morgan fingerprint density at radius 3 is 3.11 bits per heavy atom. The number of H-pyrrole nitrogens is 1. The molecule has 0 radical (unpaired) electrons. The predicted octanol–water partition coefficient (Wildman–Crippen LogP) is 1.16. The van der Waals surface area contributed by atoms with Crippen molar-refractivity contribution in [3.63, 3.8) is 0 Å². The number of hydrogen-bond acceptors (Lipinski definition) is 5. The van der Waals surface area contributed by atoms with Gasteiger partial charge in [-0.15, -0.1) is 5.10 Å². The molecule has 0 bridgehead atoms. The standard InChI is InChI=1S/C11H13N5O2/c1-3-18-11-14-10(15-16-11)13-9(17)8-4-5-12-7(2)6-8/h4-6H,3H2,1-2H3,(H2,13,14,15,16,17). The van der Waals surface area contributed by atoms with Gasteiger partial charge in [0.1, 0.15) is 0 Å². The third kappa shape index (κ3) is 2.82. The Morgan fingerprint density at radius 1 is 1.56 bits per heavy atom. The second-order valence-electron chi connectivity index (χ2n) is 3.54. The van der Waals surface area contributed by atoms with E-state index in [2.05, 4.69) is 25.5 Å². The van der Waals surface area contributed by atoms with E-state index >= 15 is 0 Å². The highest BCUT2D eigenvalue weighted by Crippen LogP contribution is 2.08. The summed E-state index contributed by atoms with van der Waals surface area (Å²) in [6.07, 6.45) is 1.58. The van der Waals surface area contributed by atoms with Crippen molar-refractivity contribution < 1.29 is 9.53 Å². The Morgan fingerprint density at radius 2 is 2.39 bits per heavy atom. The minimum Gasteiger partial charge on any atom is -0.463 e. The van der Waals surface area contributed by atoms with Gasteiger partial charge >= 0.3 is 6.01 Å². The molecule has 2 aromatic heterocycles. The number of nitrogens with one attached hydrogen (secondary N) is 2. The fourth-order valence-corrected chi connectivity index (χ4v) is 1.36. The van der Waals surface area contributed by atoms with Gasteiger partial charge in [0, 0.05) is 17.5 Å². The van der Waals surface area contributed by atoms with Crippen LogP contribution in [0.2, 0.25) is 0 Å². The topological polar surface area (TPSA) is 92.8 Å². The fourth-order valence-electron chi connectivity index (χ4n) is 1.36.